The van der Waals surface area contributed by atoms with Crippen molar-refractivity contribution in [2.24, 2.45) is 64.1 Å². The van der Waals surface area contributed by atoms with Crippen LogP contribution in [0, 0.1) is 64.1 Å². The van der Waals surface area contributed by atoms with Crippen LogP contribution in [-0.4, -0.2) is 71.4 Å². The SMILES string of the molecule is C.CC=C1CC[C@H]2[C@@H]3CC[C@@H]4C[C@@](O)(COC)CC[C@]4(F)C3CC[C@]12C.COC[C@@]1(O)CC[C@]2(F)C3CC[C@]4(C)C(C(C)O)CC[C@H]4[C@@H]3CC[C@@H]2C1. The maximum Gasteiger partial charge on any atom is 0.117 e. The summed E-state index contributed by atoms with van der Waals surface area (Å²) in [5.74, 6) is 3.00. The molecule has 0 aliphatic heterocycles. The third-order valence-corrected chi connectivity index (χ3v) is 18.0. The summed E-state index contributed by atoms with van der Waals surface area (Å²) in [7, 11) is 3.25. The summed E-state index contributed by atoms with van der Waals surface area (Å²) < 4.78 is 43.1. The van der Waals surface area contributed by atoms with Crippen molar-refractivity contribution in [1.29, 1.82) is 0 Å². The summed E-state index contributed by atoms with van der Waals surface area (Å²) in [4.78, 5) is 0. The summed E-state index contributed by atoms with van der Waals surface area (Å²) in [5.41, 5.74) is -1.67. The Morgan fingerprint density at radius 3 is 1.71 bits per heavy atom. The van der Waals surface area contributed by atoms with Crippen molar-refractivity contribution in [3.63, 3.8) is 0 Å². The molecule has 8 rings (SSSR count). The van der Waals surface area contributed by atoms with Gasteiger partial charge in [0, 0.05) is 14.2 Å². The quantitative estimate of drug-likeness (QED) is 0.245. The predicted molar refractivity (Wildman–Crippen MR) is 204 cm³/mol. The highest BCUT2D eigenvalue weighted by atomic mass is 19.1. The Morgan fingerprint density at radius 2 is 1.21 bits per heavy atom. The zero-order valence-electron chi connectivity index (χ0n) is 32.9. The monoisotopic (exact) mass is 735 g/mol. The Balaban J connectivity index is 0.000000175. The average molecular weight is 735 g/mol. The van der Waals surface area contributed by atoms with Gasteiger partial charge in [-0.05, 0) is 194 Å². The van der Waals surface area contributed by atoms with E-state index in [1.54, 1.807) is 19.8 Å². The second-order valence-electron chi connectivity index (χ2n) is 20.2. The predicted octanol–water partition coefficient (Wildman–Crippen LogP) is 9.80. The molecule has 7 heteroatoms. The Morgan fingerprint density at radius 1 is 0.692 bits per heavy atom. The van der Waals surface area contributed by atoms with E-state index in [-0.39, 0.29) is 42.6 Å². The van der Waals surface area contributed by atoms with Crippen molar-refractivity contribution in [2.75, 3.05) is 27.4 Å². The second kappa shape index (κ2) is 14.7. The molecule has 0 saturated heterocycles. The van der Waals surface area contributed by atoms with E-state index >= 15 is 8.78 Å². The van der Waals surface area contributed by atoms with E-state index in [9.17, 15) is 15.3 Å². The minimum Gasteiger partial charge on any atom is -0.393 e. The van der Waals surface area contributed by atoms with Gasteiger partial charge in [-0.15, -0.1) is 0 Å². The van der Waals surface area contributed by atoms with Crippen molar-refractivity contribution < 1.29 is 33.6 Å². The Bertz CT molecular complexity index is 1290. The van der Waals surface area contributed by atoms with E-state index in [4.69, 9.17) is 9.47 Å². The molecule has 5 nitrogen and oxygen atoms in total. The van der Waals surface area contributed by atoms with Crippen molar-refractivity contribution in [1.82, 2.24) is 0 Å². The standard InChI is InChI=1S/C22H37FO3.C22H35FO2.CH4/c1-14(24)17-6-7-18-16-5-4-15-12-21(25,13-26-3)10-11-22(15,23)19(16)8-9-20(17,18)2;1-4-15-6-8-18-17-7-5-16-13-21(24,14-25-3)11-12-22(16,23)19(17)9-10-20(15,18)2;/h14-19,24-25H,4-13H2,1-3H3;4,16-19,24H,5-14H2,1-3H3;1H4/t14?,15-,16+,17?,18+,19?,20-,21-,22-;16-,17+,18+,19?,20-,21-,22-;/m11./s1. The summed E-state index contributed by atoms with van der Waals surface area (Å²) in [5, 5.41) is 31.9. The molecule has 0 aromatic heterocycles. The molecule has 0 radical (unpaired) electrons. The molecule has 8 saturated carbocycles. The van der Waals surface area contributed by atoms with Crippen molar-refractivity contribution in [3.05, 3.63) is 11.6 Å². The number of ether oxygens (including phenoxy) is 2. The lowest BCUT2D eigenvalue weighted by Crippen LogP contribution is -2.59. The molecule has 0 aromatic rings. The first-order valence-corrected chi connectivity index (χ1v) is 21.2. The molecule has 0 heterocycles. The Labute approximate surface area is 315 Å². The van der Waals surface area contributed by atoms with Gasteiger partial charge in [-0.3, -0.25) is 0 Å². The van der Waals surface area contributed by atoms with Crippen LogP contribution in [0.1, 0.15) is 151 Å². The number of rotatable bonds is 5. The topological polar surface area (TPSA) is 79.2 Å². The fourth-order valence-electron chi connectivity index (χ4n) is 15.7. The lowest BCUT2D eigenvalue weighted by atomic mass is 9.47. The first-order valence-electron chi connectivity index (χ1n) is 21.2. The normalized spacial score (nSPS) is 53.4. The molecule has 16 atom stereocenters. The second-order valence-corrected chi connectivity index (χ2v) is 20.2. The molecule has 4 unspecified atom stereocenters. The number of fused-ring (bicyclic) bond motifs is 10. The molecule has 300 valence electrons. The summed E-state index contributed by atoms with van der Waals surface area (Å²) in [6, 6.07) is 0. The van der Waals surface area contributed by atoms with Gasteiger partial charge in [0.25, 0.3) is 0 Å². The summed E-state index contributed by atoms with van der Waals surface area (Å²) >= 11 is 0. The molecule has 8 fully saturated rings. The fraction of sp³-hybridized carbons (Fsp3) is 0.956. The van der Waals surface area contributed by atoms with E-state index in [1.807, 2.05) is 6.92 Å². The third-order valence-electron chi connectivity index (χ3n) is 18.0. The maximum atomic E-state index is 16.4. The van der Waals surface area contributed by atoms with Gasteiger partial charge in [0.05, 0.1) is 30.5 Å². The van der Waals surface area contributed by atoms with Crippen LogP contribution in [0.15, 0.2) is 11.6 Å². The highest BCUT2D eigenvalue weighted by molar-refractivity contribution is 5.24. The number of hydrogen-bond acceptors (Lipinski definition) is 5. The van der Waals surface area contributed by atoms with Gasteiger partial charge in [-0.2, -0.15) is 0 Å². The third kappa shape index (κ3) is 6.50. The number of aliphatic hydroxyl groups is 3. The van der Waals surface area contributed by atoms with E-state index < -0.39 is 22.5 Å². The van der Waals surface area contributed by atoms with E-state index in [0.717, 1.165) is 64.2 Å². The summed E-state index contributed by atoms with van der Waals surface area (Å²) in [6.45, 7) is 9.61. The highest BCUT2D eigenvalue weighted by Crippen LogP contribution is 2.68. The first kappa shape index (κ1) is 41.0. The lowest BCUT2D eigenvalue weighted by Gasteiger charge is -2.59. The van der Waals surface area contributed by atoms with Crippen LogP contribution in [-0.2, 0) is 9.47 Å². The zero-order valence-corrected chi connectivity index (χ0v) is 32.9. The number of methoxy groups -OCH3 is 2. The molecule has 3 N–H and O–H groups in total. The first-order chi connectivity index (χ1) is 24.1. The highest BCUT2D eigenvalue weighted by Gasteiger charge is 2.65. The minimum absolute atomic E-state index is 0. The van der Waals surface area contributed by atoms with Gasteiger partial charge >= 0.3 is 0 Å². The molecule has 52 heavy (non-hydrogen) atoms. The van der Waals surface area contributed by atoms with Crippen molar-refractivity contribution >= 4 is 0 Å². The van der Waals surface area contributed by atoms with Crippen LogP contribution < -0.4 is 0 Å². The largest absolute Gasteiger partial charge is 0.393 e. The molecular weight excluding hydrogens is 658 g/mol. The van der Waals surface area contributed by atoms with Gasteiger partial charge in [-0.1, -0.05) is 32.9 Å². The minimum atomic E-state index is -1.10. The van der Waals surface area contributed by atoms with Crippen LogP contribution in [0.3, 0.4) is 0 Å². The molecule has 0 amide bonds. The number of alkyl halides is 2. The van der Waals surface area contributed by atoms with Gasteiger partial charge in [0.1, 0.15) is 11.3 Å². The molecule has 0 spiro atoms. The van der Waals surface area contributed by atoms with E-state index in [2.05, 4.69) is 26.8 Å². The van der Waals surface area contributed by atoms with Crippen LogP contribution in [0.5, 0.6) is 0 Å². The molecule has 8 aliphatic carbocycles. The van der Waals surface area contributed by atoms with Crippen molar-refractivity contribution in [3.8, 4) is 0 Å². The average Bonchev–Trinajstić information content (AvgIpc) is 3.62. The van der Waals surface area contributed by atoms with Crippen molar-refractivity contribution in [2.45, 2.75) is 179 Å². The Hall–Kier alpha value is -0.600. The fourth-order valence-corrected chi connectivity index (χ4v) is 15.7. The molecular formula is C45H76F2O5. The van der Waals surface area contributed by atoms with Gasteiger partial charge in [-0.25, -0.2) is 8.78 Å². The zero-order chi connectivity index (χ0) is 36.6. The Kier molecular flexibility index (Phi) is 11.6. The number of allylic oxidation sites excluding steroid dienone is 2. The van der Waals surface area contributed by atoms with E-state index in [0.29, 0.717) is 86.7 Å². The van der Waals surface area contributed by atoms with E-state index in [1.165, 1.54) is 12.8 Å². The van der Waals surface area contributed by atoms with Gasteiger partial charge in [0.15, 0.2) is 0 Å². The number of hydrogen-bond donors (Lipinski definition) is 3. The number of halogens is 2. The molecule has 8 aliphatic rings. The van der Waals surface area contributed by atoms with Crippen LogP contribution >= 0.6 is 0 Å². The number of aliphatic hydroxyl groups excluding tert-OH is 1. The maximum absolute atomic E-state index is 16.4. The van der Waals surface area contributed by atoms with Gasteiger partial charge < -0.3 is 24.8 Å². The van der Waals surface area contributed by atoms with Crippen LogP contribution in [0.2, 0.25) is 0 Å². The lowest BCUT2D eigenvalue weighted by molar-refractivity contribution is -0.179. The van der Waals surface area contributed by atoms with Gasteiger partial charge in [0.2, 0.25) is 0 Å². The molecule has 0 bridgehead atoms. The molecule has 0 aromatic carbocycles. The van der Waals surface area contributed by atoms with Crippen LogP contribution in [0.25, 0.3) is 0 Å². The smallest absolute Gasteiger partial charge is 0.117 e. The van der Waals surface area contributed by atoms with Crippen LogP contribution in [0.4, 0.5) is 8.78 Å². The summed E-state index contributed by atoms with van der Waals surface area (Å²) in [6.07, 6.45) is 18.3.